The lowest BCUT2D eigenvalue weighted by Crippen LogP contribution is -2.51. The van der Waals surface area contributed by atoms with E-state index < -0.39 is 17.5 Å². The second kappa shape index (κ2) is 6.49. The number of benzene rings is 1. The van der Waals surface area contributed by atoms with E-state index in [-0.39, 0.29) is 5.91 Å². The number of aromatic nitrogens is 3. The molecule has 2 aliphatic rings. The zero-order chi connectivity index (χ0) is 19.0. The van der Waals surface area contributed by atoms with Crippen molar-refractivity contribution < 1.29 is 14.4 Å². The third-order valence-corrected chi connectivity index (χ3v) is 5.32. The number of carbonyl (C=O) groups is 3. The van der Waals surface area contributed by atoms with Crippen LogP contribution in [0.5, 0.6) is 0 Å². The van der Waals surface area contributed by atoms with Gasteiger partial charge in [-0.05, 0) is 55.9 Å². The molecule has 1 aliphatic heterocycles. The van der Waals surface area contributed by atoms with Crippen LogP contribution < -0.4 is 10.7 Å². The van der Waals surface area contributed by atoms with Crippen LogP contribution in [-0.2, 0) is 4.79 Å². The van der Waals surface area contributed by atoms with E-state index >= 15 is 0 Å². The van der Waals surface area contributed by atoms with Crippen LogP contribution in [0.4, 0.5) is 4.79 Å². The molecule has 0 bridgehead atoms. The molecule has 1 aromatic heterocycles. The summed E-state index contributed by atoms with van der Waals surface area (Å²) in [5.41, 5.74) is 2.62. The van der Waals surface area contributed by atoms with Gasteiger partial charge in [0.05, 0.1) is 5.69 Å². The van der Waals surface area contributed by atoms with Crippen molar-refractivity contribution in [3.8, 4) is 5.69 Å². The minimum atomic E-state index is -0.881. The zero-order valence-electron chi connectivity index (χ0n) is 14.9. The highest BCUT2D eigenvalue weighted by Gasteiger charge is 2.52. The Balaban J connectivity index is 1.46. The number of amides is 4. The third-order valence-electron chi connectivity index (χ3n) is 5.32. The van der Waals surface area contributed by atoms with Crippen LogP contribution in [0.2, 0.25) is 0 Å². The fourth-order valence-corrected chi connectivity index (χ4v) is 3.59. The van der Waals surface area contributed by atoms with E-state index in [1.807, 2.05) is 0 Å². The maximum atomic E-state index is 12.8. The predicted molar refractivity (Wildman–Crippen MR) is 94.6 cm³/mol. The molecule has 1 saturated heterocycles. The summed E-state index contributed by atoms with van der Waals surface area (Å²) in [6.45, 7) is 2.14. The van der Waals surface area contributed by atoms with Crippen LogP contribution in [0.25, 0.3) is 5.69 Å². The van der Waals surface area contributed by atoms with Gasteiger partial charge < -0.3 is 5.32 Å². The molecule has 1 aromatic carbocycles. The molecule has 2 N–H and O–H groups in total. The Morgan fingerprint density at radius 3 is 2.56 bits per heavy atom. The molecule has 0 unspecified atom stereocenters. The molecule has 4 rings (SSSR count). The van der Waals surface area contributed by atoms with E-state index in [1.54, 1.807) is 35.3 Å². The average molecular weight is 368 g/mol. The fraction of sp³-hybridized carbons (Fsp3) is 0.389. The van der Waals surface area contributed by atoms with Gasteiger partial charge in [-0.25, -0.2) is 14.5 Å². The van der Waals surface area contributed by atoms with Crippen molar-refractivity contribution in [2.45, 2.75) is 38.1 Å². The third kappa shape index (κ3) is 3.05. The Hall–Kier alpha value is -3.23. The topological polar surface area (TPSA) is 109 Å². The summed E-state index contributed by atoms with van der Waals surface area (Å²) < 4.78 is 1.56. The highest BCUT2D eigenvalue weighted by atomic mass is 16.2. The first-order chi connectivity index (χ1) is 13.0. The molecule has 1 spiro atoms. The van der Waals surface area contributed by atoms with Crippen molar-refractivity contribution in [2.24, 2.45) is 5.92 Å². The highest BCUT2D eigenvalue weighted by Crippen LogP contribution is 2.35. The minimum Gasteiger partial charge on any atom is -0.322 e. The van der Waals surface area contributed by atoms with Crippen LogP contribution in [0.3, 0.4) is 0 Å². The van der Waals surface area contributed by atoms with E-state index in [0.29, 0.717) is 24.3 Å². The smallest absolute Gasteiger partial charge is 0.322 e. The van der Waals surface area contributed by atoms with Gasteiger partial charge in [0.15, 0.2) is 0 Å². The van der Waals surface area contributed by atoms with Crippen LogP contribution >= 0.6 is 0 Å². The quantitative estimate of drug-likeness (QED) is 0.796. The summed E-state index contributed by atoms with van der Waals surface area (Å²) >= 11 is 0. The van der Waals surface area contributed by atoms with Crippen molar-refractivity contribution in [2.75, 3.05) is 0 Å². The maximum Gasteiger partial charge on any atom is 0.344 e. The molecule has 9 nitrogen and oxygen atoms in total. The number of carbonyl (C=O) groups excluding carboxylic acids is 3. The maximum absolute atomic E-state index is 12.8. The van der Waals surface area contributed by atoms with E-state index in [4.69, 9.17) is 0 Å². The highest BCUT2D eigenvalue weighted by molar-refractivity contribution is 6.09. The molecule has 0 atom stereocenters. The van der Waals surface area contributed by atoms with Gasteiger partial charge in [0, 0.05) is 5.56 Å². The molecule has 140 valence electrons. The van der Waals surface area contributed by atoms with Crippen LogP contribution in [-0.4, -0.2) is 43.2 Å². The van der Waals surface area contributed by atoms with Gasteiger partial charge in [-0.3, -0.25) is 15.0 Å². The number of urea groups is 1. The van der Waals surface area contributed by atoms with E-state index in [0.717, 1.165) is 23.5 Å². The summed E-state index contributed by atoms with van der Waals surface area (Å²) in [6.07, 6.45) is 5.90. The number of rotatable bonds is 3. The van der Waals surface area contributed by atoms with Gasteiger partial charge in [0.2, 0.25) is 0 Å². The number of hydrogen-bond donors (Lipinski definition) is 2. The van der Waals surface area contributed by atoms with E-state index in [2.05, 4.69) is 27.7 Å². The SMILES string of the molecule is CC1CCC2(CC1)NC(=O)N(NC(=O)c1ccc(-n3cncn3)cc1)C2=O. The molecule has 1 saturated carbocycles. The average Bonchev–Trinajstić information content (AvgIpc) is 3.28. The minimum absolute atomic E-state index is 0.331. The number of hydrazine groups is 1. The molecule has 9 heteroatoms. The molecule has 2 heterocycles. The second-order valence-electron chi connectivity index (χ2n) is 7.16. The molecule has 27 heavy (non-hydrogen) atoms. The van der Waals surface area contributed by atoms with Gasteiger partial charge in [-0.15, -0.1) is 0 Å². The first kappa shape index (κ1) is 17.2. The summed E-state index contributed by atoms with van der Waals surface area (Å²) in [5, 5.41) is 7.60. The largest absolute Gasteiger partial charge is 0.344 e. The fourth-order valence-electron chi connectivity index (χ4n) is 3.59. The van der Waals surface area contributed by atoms with Gasteiger partial charge in [0.25, 0.3) is 11.8 Å². The molecule has 4 amide bonds. The van der Waals surface area contributed by atoms with Crippen LogP contribution in [0, 0.1) is 5.92 Å². The molecular formula is C18H20N6O3. The number of nitrogens with zero attached hydrogens (tertiary/aromatic N) is 4. The summed E-state index contributed by atoms with van der Waals surface area (Å²) in [7, 11) is 0. The van der Waals surface area contributed by atoms with Crippen LogP contribution in [0.1, 0.15) is 43.0 Å². The standard InChI is InChI=1S/C18H20N6O3/c1-12-6-8-18(9-7-12)16(26)24(17(27)21-18)22-15(25)13-2-4-14(5-3-13)23-11-19-10-20-23/h2-5,10-12H,6-9H2,1H3,(H,21,27)(H,22,25). The molecule has 2 fully saturated rings. The van der Waals surface area contributed by atoms with E-state index in [9.17, 15) is 14.4 Å². The lowest BCUT2D eigenvalue weighted by Gasteiger charge is -2.33. The van der Waals surface area contributed by atoms with Gasteiger partial charge in [-0.1, -0.05) is 6.92 Å². The van der Waals surface area contributed by atoms with Crippen molar-refractivity contribution >= 4 is 17.8 Å². The Labute approximate surface area is 155 Å². The lowest BCUT2D eigenvalue weighted by molar-refractivity contribution is -0.134. The Morgan fingerprint density at radius 1 is 1.22 bits per heavy atom. The zero-order valence-corrected chi connectivity index (χ0v) is 14.9. The van der Waals surface area contributed by atoms with Gasteiger partial charge >= 0.3 is 6.03 Å². The Kier molecular flexibility index (Phi) is 4.14. The Morgan fingerprint density at radius 2 is 1.93 bits per heavy atom. The summed E-state index contributed by atoms with van der Waals surface area (Å²) in [4.78, 5) is 41.4. The number of imide groups is 1. The molecule has 0 radical (unpaired) electrons. The van der Waals surface area contributed by atoms with Crippen molar-refractivity contribution in [1.29, 1.82) is 0 Å². The van der Waals surface area contributed by atoms with Gasteiger partial charge in [-0.2, -0.15) is 10.1 Å². The van der Waals surface area contributed by atoms with Crippen molar-refractivity contribution in [1.82, 2.24) is 30.5 Å². The van der Waals surface area contributed by atoms with Crippen molar-refractivity contribution in [3.63, 3.8) is 0 Å². The second-order valence-corrected chi connectivity index (χ2v) is 7.16. The van der Waals surface area contributed by atoms with Crippen molar-refractivity contribution in [3.05, 3.63) is 42.5 Å². The molecule has 2 aromatic rings. The molecular weight excluding hydrogens is 348 g/mol. The first-order valence-electron chi connectivity index (χ1n) is 8.91. The number of hydrogen-bond acceptors (Lipinski definition) is 5. The predicted octanol–water partition coefficient (Wildman–Crippen LogP) is 1.41. The molecule has 1 aliphatic carbocycles. The normalized spacial score (nSPS) is 24.9. The Bertz CT molecular complexity index is 869. The summed E-state index contributed by atoms with van der Waals surface area (Å²) in [6, 6.07) is 6.03. The monoisotopic (exact) mass is 368 g/mol. The summed E-state index contributed by atoms with van der Waals surface area (Å²) in [5.74, 6) is -0.371. The van der Waals surface area contributed by atoms with Gasteiger partial charge in [0.1, 0.15) is 18.2 Å². The first-order valence-corrected chi connectivity index (χ1v) is 8.91. The van der Waals surface area contributed by atoms with E-state index in [1.165, 1.54) is 6.33 Å². The lowest BCUT2D eigenvalue weighted by atomic mass is 9.77. The number of nitrogens with one attached hydrogen (secondary N) is 2. The van der Waals surface area contributed by atoms with Crippen LogP contribution in [0.15, 0.2) is 36.9 Å².